The first-order valence-corrected chi connectivity index (χ1v) is 5.91. The van der Waals surface area contributed by atoms with Gasteiger partial charge in [-0.3, -0.25) is 0 Å². The van der Waals surface area contributed by atoms with E-state index in [0.717, 1.165) is 0 Å². The van der Waals surface area contributed by atoms with Crippen molar-refractivity contribution in [2.75, 3.05) is 38.2 Å². The number of rotatable bonds is 10. The van der Waals surface area contributed by atoms with E-state index in [9.17, 15) is 0 Å². The van der Waals surface area contributed by atoms with Crippen LogP contribution in [0.2, 0.25) is 0 Å². The third kappa shape index (κ3) is 10.7. The minimum atomic E-state index is -0.606. The number of ether oxygens (including phenoxy) is 2. The molecular formula is C9H18Cl2O4. The number of aliphatic hydroxyl groups excluding tert-OH is 2. The van der Waals surface area contributed by atoms with Crippen molar-refractivity contribution in [2.24, 2.45) is 0 Å². The Bertz CT molecular complexity index is 123. The Balaban J connectivity index is 3.05. The van der Waals surface area contributed by atoms with Crippen LogP contribution in [0.15, 0.2) is 0 Å². The summed E-state index contributed by atoms with van der Waals surface area (Å²) in [6.07, 6.45) is -0.499. The Morgan fingerprint density at radius 3 is 1.60 bits per heavy atom. The predicted molar refractivity (Wildman–Crippen MR) is 59.7 cm³/mol. The van der Waals surface area contributed by atoms with Gasteiger partial charge in [-0.2, -0.15) is 0 Å². The van der Waals surface area contributed by atoms with E-state index in [1.54, 1.807) is 0 Å². The first-order chi connectivity index (χ1) is 7.20. The van der Waals surface area contributed by atoms with Crippen LogP contribution < -0.4 is 0 Å². The molecule has 0 rings (SSSR count). The molecule has 0 aromatic rings. The lowest BCUT2D eigenvalue weighted by molar-refractivity contribution is 0.0173. The average molecular weight is 261 g/mol. The summed E-state index contributed by atoms with van der Waals surface area (Å²) in [5, 5.41) is 18.1. The molecule has 2 atom stereocenters. The summed E-state index contributed by atoms with van der Waals surface area (Å²) in [5.41, 5.74) is 0. The lowest BCUT2D eigenvalue weighted by atomic mass is 10.4. The molecule has 0 aromatic heterocycles. The molecule has 0 spiro atoms. The van der Waals surface area contributed by atoms with Gasteiger partial charge < -0.3 is 19.7 Å². The van der Waals surface area contributed by atoms with Crippen LogP contribution in [-0.4, -0.2) is 60.6 Å². The summed E-state index contributed by atoms with van der Waals surface area (Å²) in [6, 6.07) is 0. The van der Waals surface area contributed by atoms with E-state index in [2.05, 4.69) is 0 Å². The molecule has 0 aromatic carbocycles. The van der Waals surface area contributed by atoms with Crippen LogP contribution in [0.5, 0.6) is 0 Å². The molecule has 0 fully saturated rings. The van der Waals surface area contributed by atoms with E-state index in [-0.39, 0.29) is 25.0 Å². The van der Waals surface area contributed by atoms with Gasteiger partial charge in [0.2, 0.25) is 0 Å². The van der Waals surface area contributed by atoms with Gasteiger partial charge in [-0.1, -0.05) is 0 Å². The molecule has 0 aliphatic carbocycles. The highest BCUT2D eigenvalue weighted by Gasteiger charge is 2.02. The largest absolute Gasteiger partial charge is 0.389 e. The van der Waals surface area contributed by atoms with Gasteiger partial charge in [0.15, 0.2) is 0 Å². The molecule has 15 heavy (non-hydrogen) atoms. The van der Waals surface area contributed by atoms with E-state index in [1.807, 2.05) is 0 Å². The second-order valence-electron chi connectivity index (χ2n) is 3.12. The standard InChI is InChI=1S/C9H18Cl2O4/c10-4-8(12)6-14-2-1-3-15-7-9(13)5-11/h8-9,12-13H,1-7H2. The highest BCUT2D eigenvalue weighted by atomic mass is 35.5. The smallest absolute Gasteiger partial charge is 0.0908 e. The molecule has 0 heterocycles. The maximum Gasteiger partial charge on any atom is 0.0908 e. The van der Waals surface area contributed by atoms with Gasteiger partial charge in [-0.05, 0) is 6.42 Å². The normalized spacial score (nSPS) is 15.2. The Labute approximate surface area is 100 Å². The van der Waals surface area contributed by atoms with Crippen molar-refractivity contribution in [2.45, 2.75) is 18.6 Å². The van der Waals surface area contributed by atoms with Crippen LogP contribution in [0, 0.1) is 0 Å². The van der Waals surface area contributed by atoms with Gasteiger partial charge in [0.05, 0.1) is 37.2 Å². The lowest BCUT2D eigenvalue weighted by Crippen LogP contribution is -2.19. The van der Waals surface area contributed by atoms with Gasteiger partial charge in [0.25, 0.3) is 0 Å². The van der Waals surface area contributed by atoms with Crippen molar-refractivity contribution < 1.29 is 19.7 Å². The summed E-state index contributed by atoms with van der Waals surface area (Å²) >= 11 is 10.7. The molecule has 0 saturated heterocycles. The van der Waals surface area contributed by atoms with Crippen LogP contribution in [0.25, 0.3) is 0 Å². The SMILES string of the molecule is OC(CCl)COCCCOCC(O)CCl. The van der Waals surface area contributed by atoms with Crippen molar-refractivity contribution in [3.63, 3.8) is 0 Å². The van der Waals surface area contributed by atoms with Crippen LogP contribution >= 0.6 is 23.2 Å². The number of aliphatic hydroxyl groups is 2. The van der Waals surface area contributed by atoms with Gasteiger partial charge in [0, 0.05) is 13.2 Å². The number of hydrogen-bond donors (Lipinski definition) is 2. The van der Waals surface area contributed by atoms with Crippen molar-refractivity contribution in [3.8, 4) is 0 Å². The van der Waals surface area contributed by atoms with E-state index < -0.39 is 12.2 Å². The van der Waals surface area contributed by atoms with Crippen molar-refractivity contribution in [1.82, 2.24) is 0 Å². The predicted octanol–water partition coefficient (Wildman–Crippen LogP) is 0.609. The molecule has 0 saturated carbocycles. The molecule has 0 radical (unpaired) electrons. The molecular weight excluding hydrogens is 243 g/mol. The van der Waals surface area contributed by atoms with Crippen LogP contribution in [0.3, 0.4) is 0 Å². The average Bonchev–Trinajstić information content (AvgIpc) is 2.26. The molecule has 6 heteroatoms. The number of alkyl halides is 2. The van der Waals surface area contributed by atoms with E-state index in [1.165, 1.54) is 0 Å². The van der Waals surface area contributed by atoms with Crippen LogP contribution in [0.4, 0.5) is 0 Å². The van der Waals surface area contributed by atoms with E-state index in [0.29, 0.717) is 19.6 Å². The summed E-state index contributed by atoms with van der Waals surface area (Å²) in [4.78, 5) is 0. The zero-order valence-electron chi connectivity index (χ0n) is 8.57. The highest BCUT2D eigenvalue weighted by molar-refractivity contribution is 6.18. The zero-order chi connectivity index (χ0) is 11.5. The fourth-order valence-electron chi connectivity index (χ4n) is 0.791. The Morgan fingerprint density at radius 2 is 1.27 bits per heavy atom. The maximum absolute atomic E-state index is 9.03. The molecule has 4 nitrogen and oxygen atoms in total. The first-order valence-electron chi connectivity index (χ1n) is 4.84. The fourth-order valence-corrected chi connectivity index (χ4v) is 0.969. The summed E-state index contributed by atoms with van der Waals surface area (Å²) in [5.74, 6) is 0.358. The monoisotopic (exact) mass is 260 g/mol. The van der Waals surface area contributed by atoms with E-state index >= 15 is 0 Å². The fraction of sp³-hybridized carbons (Fsp3) is 1.00. The minimum Gasteiger partial charge on any atom is -0.389 e. The zero-order valence-corrected chi connectivity index (χ0v) is 10.1. The molecule has 0 aliphatic rings. The third-order valence-corrected chi connectivity index (χ3v) is 2.27. The molecule has 2 unspecified atom stereocenters. The molecule has 92 valence electrons. The molecule has 2 N–H and O–H groups in total. The van der Waals surface area contributed by atoms with Crippen molar-refractivity contribution >= 4 is 23.2 Å². The third-order valence-electron chi connectivity index (χ3n) is 1.55. The lowest BCUT2D eigenvalue weighted by Gasteiger charge is -2.09. The second kappa shape index (κ2) is 10.9. The molecule has 0 bridgehead atoms. The van der Waals surface area contributed by atoms with Crippen LogP contribution in [-0.2, 0) is 9.47 Å². The second-order valence-corrected chi connectivity index (χ2v) is 3.74. The number of hydrogen-bond acceptors (Lipinski definition) is 4. The summed E-state index contributed by atoms with van der Waals surface area (Å²) in [7, 11) is 0. The molecule has 0 amide bonds. The minimum absolute atomic E-state index is 0.179. The van der Waals surface area contributed by atoms with E-state index in [4.69, 9.17) is 42.9 Å². The Kier molecular flexibility index (Phi) is 11.2. The quantitative estimate of drug-likeness (QED) is 0.447. The summed E-state index contributed by atoms with van der Waals surface area (Å²) < 4.78 is 10.2. The first kappa shape index (κ1) is 15.4. The van der Waals surface area contributed by atoms with Crippen molar-refractivity contribution in [1.29, 1.82) is 0 Å². The Morgan fingerprint density at radius 1 is 0.867 bits per heavy atom. The van der Waals surface area contributed by atoms with Crippen LogP contribution in [0.1, 0.15) is 6.42 Å². The highest BCUT2D eigenvalue weighted by Crippen LogP contribution is 1.93. The van der Waals surface area contributed by atoms with Gasteiger partial charge in [-0.25, -0.2) is 0 Å². The molecule has 0 aliphatic heterocycles. The van der Waals surface area contributed by atoms with Gasteiger partial charge in [0.1, 0.15) is 0 Å². The maximum atomic E-state index is 9.03. The van der Waals surface area contributed by atoms with Gasteiger partial charge in [-0.15, -0.1) is 23.2 Å². The summed E-state index contributed by atoms with van der Waals surface area (Å²) in [6.45, 7) is 1.50. The topological polar surface area (TPSA) is 58.9 Å². The number of halogens is 2. The van der Waals surface area contributed by atoms with Crippen molar-refractivity contribution in [3.05, 3.63) is 0 Å². The Hall–Kier alpha value is 0.420. The van der Waals surface area contributed by atoms with Gasteiger partial charge >= 0.3 is 0 Å².